The summed E-state index contributed by atoms with van der Waals surface area (Å²) in [5.74, 6) is 0.793. The maximum Gasteiger partial charge on any atom is 0.256 e. The van der Waals surface area contributed by atoms with Gasteiger partial charge in [0.1, 0.15) is 5.75 Å². The number of ether oxygens (including phenoxy) is 1. The van der Waals surface area contributed by atoms with Gasteiger partial charge in [-0.2, -0.15) is 0 Å². The van der Waals surface area contributed by atoms with Crippen LogP contribution >= 0.6 is 0 Å². The smallest absolute Gasteiger partial charge is 0.256 e. The highest BCUT2D eigenvalue weighted by Gasteiger charge is 2.24. The van der Waals surface area contributed by atoms with Gasteiger partial charge in [-0.1, -0.05) is 18.2 Å². The Kier molecular flexibility index (Phi) is 3.41. The van der Waals surface area contributed by atoms with Gasteiger partial charge in [-0.15, -0.1) is 0 Å². The van der Waals surface area contributed by atoms with Gasteiger partial charge in [-0.3, -0.25) is 4.79 Å². The van der Waals surface area contributed by atoms with Crippen molar-refractivity contribution in [2.75, 3.05) is 12.4 Å². The molecule has 1 N–H and O–H groups in total. The highest BCUT2D eigenvalue weighted by Crippen LogP contribution is 2.36. The zero-order valence-electron chi connectivity index (χ0n) is 13.2. The fraction of sp³-hybridized carbons (Fsp3) is 0.250. The average molecular weight is 305 g/mol. The van der Waals surface area contributed by atoms with Gasteiger partial charge in [0.15, 0.2) is 0 Å². The predicted molar refractivity (Wildman–Crippen MR) is 92.6 cm³/mol. The van der Waals surface area contributed by atoms with Crippen molar-refractivity contribution < 1.29 is 9.53 Å². The number of amides is 1. The van der Waals surface area contributed by atoms with Gasteiger partial charge in [0.2, 0.25) is 0 Å². The van der Waals surface area contributed by atoms with Crippen LogP contribution in [0.4, 0.5) is 5.69 Å². The molecule has 0 spiro atoms. The van der Waals surface area contributed by atoms with Crippen molar-refractivity contribution >= 4 is 23.2 Å². The number of anilines is 1. The highest BCUT2D eigenvalue weighted by molar-refractivity contribution is 6.35. The van der Waals surface area contributed by atoms with Crippen LogP contribution in [0.5, 0.6) is 5.75 Å². The molecule has 4 rings (SSSR count). The third kappa shape index (κ3) is 2.42. The number of para-hydroxylation sites is 1. The minimum Gasteiger partial charge on any atom is -0.496 e. The SMILES string of the molecule is COc1cc2c(cc1/C=C1/C(=O)Nc3ccccc31)CCCC2. The summed E-state index contributed by atoms with van der Waals surface area (Å²) in [6.45, 7) is 0. The summed E-state index contributed by atoms with van der Waals surface area (Å²) in [4.78, 5) is 12.3. The Labute approximate surface area is 136 Å². The van der Waals surface area contributed by atoms with Crippen LogP contribution in [0.1, 0.15) is 35.1 Å². The summed E-state index contributed by atoms with van der Waals surface area (Å²) in [6, 6.07) is 12.1. The lowest BCUT2D eigenvalue weighted by Gasteiger charge is -2.18. The first-order valence-electron chi connectivity index (χ1n) is 8.08. The van der Waals surface area contributed by atoms with Crippen molar-refractivity contribution in [2.45, 2.75) is 25.7 Å². The third-order valence-corrected chi connectivity index (χ3v) is 4.70. The zero-order chi connectivity index (χ0) is 15.8. The monoisotopic (exact) mass is 305 g/mol. The van der Waals surface area contributed by atoms with E-state index in [1.54, 1.807) is 7.11 Å². The van der Waals surface area contributed by atoms with Crippen molar-refractivity contribution in [2.24, 2.45) is 0 Å². The van der Waals surface area contributed by atoms with E-state index in [9.17, 15) is 4.79 Å². The molecular formula is C20H19NO2. The second-order valence-corrected chi connectivity index (χ2v) is 6.13. The molecule has 23 heavy (non-hydrogen) atoms. The first kappa shape index (κ1) is 14.1. The third-order valence-electron chi connectivity index (χ3n) is 4.70. The fourth-order valence-electron chi connectivity index (χ4n) is 3.51. The number of methoxy groups -OCH3 is 1. The highest BCUT2D eigenvalue weighted by atomic mass is 16.5. The second kappa shape index (κ2) is 5.58. The Morgan fingerprint density at radius 3 is 2.61 bits per heavy atom. The molecule has 1 amide bonds. The molecule has 0 aromatic heterocycles. The van der Waals surface area contributed by atoms with E-state index in [-0.39, 0.29) is 5.91 Å². The van der Waals surface area contributed by atoms with Crippen LogP contribution in [-0.4, -0.2) is 13.0 Å². The van der Waals surface area contributed by atoms with Crippen molar-refractivity contribution in [1.82, 2.24) is 0 Å². The van der Waals surface area contributed by atoms with Gasteiger partial charge < -0.3 is 10.1 Å². The number of hydrogen-bond donors (Lipinski definition) is 1. The van der Waals surface area contributed by atoms with E-state index in [1.807, 2.05) is 30.3 Å². The van der Waals surface area contributed by atoms with Gasteiger partial charge in [0, 0.05) is 22.4 Å². The molecular weight excluding hydrogens is 286 g/mol. The number of hydrogen-bond acceptors (Lipinski definition) is 2. The van der Waals surface area contributed by atoms with Crippen molar-refractivity contribution in [1.29, 1.82) is 0 Å². The summed E-state index contributed by atoms with van der Waals surface area (Å²) < 4.78 is 5.57. The molecule has 0 fully saturated rings. The minimum absolute atomic E-state index is 0.0500. The van der Waals surface area contributed by atoms with Crippen LogP contribution in [0.25, 0.3) is 11.6 Å². The number of fused-ring (bicyclic) bond motifs is 2. The lowest BCUT2D eigenvalue weighted by atomic mass is 9.89. The largest absolute Gasteiger partial charge is 0.496 e. The summed E-state index contributed by atoms with van der Waals surface area (Å²) in [5, 5.41) is 2.92. The molecule has 0 radical (unpaired) electrons. The molecule has 116 valence electrons. The van der Waals surface area contributed by atoms with E-state index in [2.05, 4.69) is 17.4 Å². The van der Waals surface area contributed by atoms with Gasteiger partial charge in [-0.05, 0) is 61.1 Å². The first-order valence-corrected chi connectivity index (χ1v) is 8.08. The summed E-state index contributed by atoms with van der Waals surface area (Å²) in [7, 11) is 1.69. The second-order valence-electron chi connectivity index (χ2n) is 6.13. The number of nitrogens with one attached hydrogen (secondary N) is 1. The van der Waals surface area contributed by atoms with Crippen LogP contribution in [0.2, 0.25) is 0 Å². The summed E-state index contributed by atoms with van der Waals surface area (Å²) in [5.41, 5.74) is 6.28. The van der Waals surface area contributed by atoms with Gasteiger partial charge in [0.05, 0.1) is 7.11 Å². The van der Waals surface area contributed by atoms with E-state index in [1.165, 1.54) is 24.0 Å². The molecule has 1 aliphatic carbocycles. The molecule has 0 bridgehead atoms. The molecule has 1 heterocycles. The maximum absolute atomic E-state index is 12.3. The number of carbonyl (C=O) groups is 1. The molecule has 3 nitrogen and oxygen atoms in total. The molecule has 2 aliphatic rings. The van der Waals surface area contributed by atoms with Gasteiger partial charge in [0.25, 0.3) is 5.91 Å². The van der Waals surface area contributed by atoms with Crippen LogP contribution in [-0.2, 0) is 17.6 Å². The Morgan fingerprint density at radius 1 is 1.09 bits per heavy atom. The lowest BCUT2D eigenvalue weighted by molar-refractivity contribution is -0.110. The predicted octanol–water partition coefficient (Wildman–Crippen LogP) is 4.07. The average Bonchev–Trinajstić information content (AvgIpc) is 2.90. The minimum atomic E-state index is -0.0500. The quantitative estimate of drug-likeness (QED) is 0.850. The van der Waals surface area contributed by atoms with Crippen LogP contribution < -0.4 is 10.1 Å². The Morgan fingerprint density at radius 2 is 1.83 bits per heavy atom. The topological polar surface area (TPSA) is 38.3 Å². The molecule has 0 atom stereocenters. The van der Waals surface area contributed by atoms with E-state index in [0.717, 1.165) is 35.4 Å². The van der Waals surface area contributed by atoms with Gasteiger partial charge >= 0.3 is 0 Å². The normalized spacial score (nSPS) is 17.6. The molecule has 0 unspecified atom stereocenters. The zero-order valence-corrected chi connectivity index (χ0v) is 13.2. The molecule has 3 heteroatoms. The molecule has 0 saturated heterocycles. The summed E-state index contributed by atoms with van der Waals surface area (Å²) in [6.07, 6.45) is 6.66. The molecule has 1 aliphatic heterocycles. The van der Waals surface area contributed by atoms with Crippen LogP contribution in [0, 0.1) is 0 Å². The van der Waals surface area contributed by atoms with Crippen LogP contribution in [0.3, 0.4) is 0 Å². The fourth-order valence-corrected chi connectivity index (χ4v) is 3.51. The molecule has 2 aromatic rings. The number of benzene rings is 2. The standard InChI is InChI=1S/C20H19NO2/c1-23-19-12-14-7-3-2-6-13(14)10-15(19)11-17-16-8-4-5-9-18(16)21-20(17)22/h4-5,8-12H,2-3,6-7H2,1H3,(H,21,22)/b17-11+. The Bertz CT molecular complexity index is 820. The van der Waals surface area contributed by atoms with E-state index >= 15 is 0 Å². The first-order chi connectivity index (χ1) is 11.3. The van der Waals surface area contributed by atoms with Crippen molar-refractivity contribution in [3.63, 3.8) is 0 Å². The summed E-state index contributed by atoms with van der Waals surface area (Å²) >= 11 is 0. The Balaban J connectivity index is 1.83. The van der Waals surface area contributed by atoms with E-state index < -0.39 is 0 Å². The number of rotatable bonds is 2. The molecule has 2 aromatic carbocycles. The van der Waals surface area contributed by atoms with Crippen molar-refractivity contribution in [3.8, 4) is 5.75 Å². The maximum atomic E-state index is 12.3. The lowest BCUT2D eigenvalue weighted by Crippen LogP contribution is -2.05. The molecule has 0 saturated carbocycles. The Hall–Kier alpha value is -2.55. The van der Waals surface area contributed by atoms with E-state index in [4.69, 9.17) is 4.74 Å². The number of aryl methyl sites for hydroxylation is 2. The van der Waals surface area contributed by atoms with Crippen LogP contribution in [0.15, 0.2) is 36.4 Å². The number of carbonyl (C=O) groups excluding carboxylic acids is 1. The van der Waals surface area contributed by atoms with E-state index in [0.29, 0.717) is 5.57 Å². The van der Waals surface area contributed by atoms with Crippen molar-refractivity contribution in [3.05, 3.63) is 58.7 Å². The van der Waals surface area contributed by atoms with Gasteiger partial charge in [-0.25, -0.2) is 0 Å².